The molecule has 0 bridgehead atoms. The Labute approximate surface area is 157 Å². The molecule has 7 nitrogen and oxygen atoms in total. The van der Waals surface area contributed by atoms with Crippen LogP contribution in [0.1, 0.15) is 20.3 Å². The van der Waals surface area contributed by atoms with Crippen molar-refractivity contribution in [3.63, 3.8) is 0 Å². The minimum atomic E-state index is -0.219. The van der Waals surface area contributed by atoms with E-state index in [9.17, 15) is 4.79 Å². The van der Waals surface area contributed by atoms with Crippen molar-refractivity contribution in [1.82, 2.24) is 20.1 Å². The summed E-state index contributed by atoms with van der Waals surface area (Å²) >= 11 is 3.46. The first-order chi connectivity index (χ1) is 12.2. The van der Waals surface area contributed by atoms with E-state index in [2.05, 4.69) is 22.1 Å². The molecular formula is C16H27N5O2S2. The molecule has 1 aromatic heterocycles. The summed E-state index contributed by atoms with van der Waals surface area (Å²) in [5.41, 5.74) is 0. The van der Waals surface area contributed by atoms with Crippen molar-refractivity contribution in [3.8, 4) is 0 Å². The van der Waals surface area contributed by atoms with Crippen molar-refractivity contribution in [3.05, 3.63) is 11.6 Å². The summed E-state index contributed by atoms with van der Waals surface area (Å²) in [6.45, 7) is 8.84. The second-order valence-electron chi connectivity index (χ2n) is 5.41. The Morgan fingerprint density at radius 1 is 1.36 bits per heavy atom. The average molecular weight is 386 g/mol. The predicted molar refractivity (Wildman–Crippen MR) is 104 cm³/mol. The van der Waals surface area contributed by atoms with Crippen LogP contribution in [0.5, 0.6) is 0 Å². The van der Waals surface area contributed by atoms with Crippen LogP contribution in [0.4, 0.5) is 4.79 Å². The molecule has 0 radical (unpaired) electrons. The van der Waals surface area contributed by atoms with E-state index >= 15 is 0 Å². The molecule has 0 saturated carbocycles. The van der Waals surface area contributed by atoms with Gasteiger partial charge in [-0.15, -0.1) is 11.3 Å². The fourth-order valence-electron chi connectivity index (χ4n) is 2.43. The standard InChI is InChI=1S/C16H27N5O2S2/c1-3-17-14(18-6-5-12-24-15-19-7-13-25-15)20-8-10-21(11-9-20)16(22)23-4-2/h7,13H,3-6,8-12H2,1-2H3,(H,17,18). The minimum Gasteiger partial charge on any atom is -0.450 e. The minimum absolute atomic E-state index is 0.219. The smallest absolute Gasteiger partial charge is 0.409 e. The highest BCUT2D eigenvalue weighted by molar-refractivity contribution is 8.00. The first kappa shape index (κ1) is 19.8. The molecule has 0 aliphatic carbocycles. The van der Waals surface area contributed by atoms with Crippen LogP contribution in [0.3, 0.4) is 0 Å². The van der Waals surface area contributed by atoms with Crippen LogP contribution < -0.4 is 5.32 Å². The number of hydrogen-bond donors (Lipinski definition) is 1. The molecule has 1 fully saturated rings. The number of aliphatic imine (C=N–C) groups is 1. The Hall–Kier alpha value is -1.48. The molecule has 0 aromatic carbocycles. The van der Waals surface area contributed by atoms with Gasteiger partial charge in [0.15, 0.2) is 5.96 Å². The third-order valence-corrected chi connectivity index (χ3v) is 5.69. The number of piperazine rings is 1. The van der Waals surface area contributed by atoms with Crippen LogP contribution >= 0.6 is 23.1 Å². The summed E-state index contributed by atoms with van der Waals surface area (Å²) in [6.07, 6.45) is 2.63. The number of nitrogens with one attached hydrogen (secondary N) is 1. The van der Waals surface area contributed by atoms with Gasteiger partial charge in [0.2, 0.25) is 0 Å². The Morgan fingerprint density at radius 2 is 2.12 bits per heavy atom. The Kier molecular flexibility index (Phi) is 8.89. The van der Waals surface area contributed by atoms with Crippen molar-refractivity contribution in [2.45, 2.75) is 24.6 Å². The molecule has 0 spiro atoms. The molecule has 1 N–H and O–H groups in total. The van der Waals surface area contributed by atoms with Crippen LogP contribution in [0, 0.1) is 0 Å². The zero-order valence-electron chi connectivity index (χ0n) is 14.9. The second kappa shape index (κ2) is 11.2. The molecule has 0 atom stereocenters. The van der Waals surface area contributed by atoms with Gasteiger partial charge >= 0.3 is 6.09 Å². The normalized spacial score (nSPS) is 15.4. The lowest BCUT2D eigenvalue weighted by Crippen LogP contribution is -2.53. The number of rotatable bonds is 7. The number of hydrogen-bond acceptors (Lipinski definition) is 6. The topological polar surface area (TPSA) is 70.1 Å². The maximum absolute atomic E-state index is 11.8. The molecule has 9 heteroatoms. The summed E-state index contributed by atoms with van der Waals surface area (Å²) < 4.78 is 6.18. The van der Waals surface area contributed by atoms with Crippen molar-refractivity contribution < 1.29 is 9.53 Å². The van der Waals surface area contributed by atoms with Gasteiger partial charge in [-0.2, -0.15) is 0 Å². The summed E-state index contributed by atoms with van der Waals surface area (Å²) in [4.78, 5) is 24.7. The number of nitrogens with zero attached hydrogens (tertiary/aromatic N) is 4. The molecule has 2 rings (SSSR count). The quantitative estimate of drug-likeness (QED) is 0.336. The first-order valence-corrected chi connectivity index (χ1v) is 10.6. The van der Waals surface area contributed by atoms with E-state index < -0.39 is 0 Å². The molecule has 1 aliphatic rings. The number of aromatic nitrogens is 1. The highest BCUT2D eigenvalue weighted by Crippen LogP contribution is 2.20. The Balaban J connectivity index is 1.74. The van der Waals surface area contributed by atoms with Gasteiger partial charge in [0.05, 0.1) is 6.61 Å². The number of carbonyl (C=O) groups excluding carboxylic acids is 1. The lowest BCUT2D eigenvalue weighted by Gasteiger charge is -2.35. The molecule has 25 heavy (non-hydrogen) atoms. The molecule has 2 heterocycles. The van der Waals surface area contributed by atoms with Gasteiger partial charge in [0, 0.05) is 56.6 Å². The number of thiazole rings is 1. The van der Waals surface area contributed by atoms with Gasteiger partial charge in [-0.25, -0.2) is 9.78 Å². The third kappa shape index (κ3) is 6.74. The molecular weight excluding hydrogens is 358 g/mol. The predicted octanol–water partition coefficient (Wildman–Crippen LogP) is 2.36. The molecule has 0 unspecified atom stereocenters. The van der Waals surface area contributed by atoms with Crippen LogP contribution in [0.25, 0.3) is 0 Å². The van der Waals surface area contributed by atoms with E-state index in [4.69, 9.17) is 9.73 Å². The van der Waals surface area contributed by atoms with Gasteiger partial charge in [-0.3, -0.25) is 4.99 Å². The lowest BCUT2D eigenvalue weighted by molar-refractivity contribution is 0.0914. The zero-order valence-corrected chi connectivity index (χ0v) is 16.6. The van der Waals surface area contributed by atoms with E-state index in [1.807, 2.05) is 18.5 Å². The maximum Gasteiger partial charge on any atom is 0.409 e. The van der Waals surface area contributed by atoms with E-state index in [1.54, 1.807) is 28.0 Å². The molecule has 1 aliphatic heterocycles. The van der Waals surface area contributed by atoms with Gasteiger partial charge in [-0.1, -0.05) is 11.8 Å². The number of guanidine groups is 1. The van der Waals surface area contributed by atoms with Crippen LogP contribution in [-0.4, -0.2) is 78.5 Å². The van der Waals surface area contributed by atoms with Crippen LogP contribution in [0.15, 0.2) is 20.9 Å². The highest BCUT2D eigenvalue weighted by Gasteiger charge is 2.23. The highest BCUT2D eigenvalue weighted by atomic mass is 32.2. The van der Waals surface area contributed by atoms with E-state index in [0.717, 1.165) is 48.7 Å². The summed E-state index contributed by atoms with van der Waals surface area (Å²) in [7, 11) is 0. The monoisotopic (exact) mass is 385 g/mol. The van der Waals surface area contributed by atoms with Crippen molar-refractivity contribution in [1.29, 1.82) is 0 Å². The summed E-state index contributed by atoms with van der Waals surface area (Å²) in [5.74, 6) is 1.96. The first-order valence-electron chi connectivity index (χ1n) is 8.71. The Bertz CT molecular complexity index is 531. The van der Waals surface area contributed by atoms with Crippen LogP contribution in [0.2, 0.25) is 0 Å². The number of thioether (sulfide) groups is 1. The fourth-order valence-corrected chi connectivity index (χ4v) is 4.06. The van der Waals surface area contributed by atoms with Crippen molar-refractivity contribution in [2.24, 2.45) is 4.99 Å². The molecule has 1 aromatic rings. The zero-order chi connectivity index (χ0) is 17.9. The van der Waals surface area contributed by atoms with Crippen molar-refractivity contribution in [2.75, 3.05) is 51.6 Å². The average Bonchev–Trinajstić information content (AvgIpc) is 3.14. The fraction of sp³-hybridized carbons (Fsp3) is 0.688. The van der Waals surface area contributed by atoms with Gasteiger partial charge in [0.25, 0.3) is 0 Å². The van der Waals surface area contributed by atoms with E-state index in [0.29, 0.717) is 19.7 Å². The summed E-state index contributed by atoms with van der Waals surface area (Å²) in [6, 6.07) is 0. The Morgan fingerprint density at radius 3 is 2.76 bits per heavy atom. The van der Waals surface area contributed by atoms with Gasteiger partial charge in [0.1, 0.15) is 4.34 Å². The number of carbonyl (C=O) groups is 1. The van der Waals surface area contributed by atoms with E-state index in [-0.39, 0.29) is 6.09 Å². The number of ether oxygens (including phenoxy) is 1. The maximum atomic E-state index is 11.8. The summed E-state index contributed by atoms with van der Waals surface area (Å²) in [5, 5.41) is 5.35. The molecule has 1 saturated heterocycles. The number of amides is 1. The van der Waals surface area contributed by atoms with E-state index in [1.165, 1.54) is 0 Å². The van der Waals surface area contributed by atoms with Gasteiger partial charge in [-0.05, 0) is 20.3 Å². The molecule has 140 valence electrons. The SMILES string of the molecule is CCNC(=NCCCSc1nccs1)N1CCN(C(=O)OCC)CC1. The van der Waals surface area contributed by atoms with Crippen molar-refractivity contribution >= 4 is 35.2 Å². The molecule has 1 amide bonds. The third-order valence-electron chi connectivity index (χ3n) is 3.64. The lowest BCUT2D eigenvalue weighted by atomic mass is 10.3. The van der Waals surface area contributed by atoms with Gasteiger partial charge < -0.3 is 19.9 Å². The second-order valence-corrected chi connectivity index (χ2v) is 7.65. The largest absolute Gasteiger partial charge is 0.450 e. The van der Waals surface area contributed by atoms with Crippen LogP contribution in [-0.2, 0) is 4.74 Å².